The van der Waals surface area contributed by atoms with Gasteiger partial charge in [-0.05, 0) is 36.8 Å². The Morgan fingerprint density at radius 2 is 1.67 bits per heavy atom. The van der Waals surface area contributed by atoms with Crippen LogP contribution in [0.4, 0.5) is 0 Å². The molecular formula is C17H20O4. The third kappa shape index (κ3) is 4.68. The molecule has 112 valence electrons. The Balaban J connectivity index is 1.81. The van der Waals surface area contributed by atoms with Crippen molar-refractivity contribution < 1.29 is 19.3 Å². The van der Waals surface area contributed by atoms with Gasteiger partial charge >= 0.3 is 0 Å². The second-order valence-electron chi connectivity index (χ2n) is 4.74. The van der Waals surface area contributed by atoms with E-state index in [1.807, 2.05) is 49.4 Å². The maximum absolute atomic E-state index is 9.91. The normalized spacial score (nSPS) is 11.8. The average Bonchev–Trinajstić information content (AvgIpc) is 2.51. The van der Waals surface area contributed by atoms with Gasteiger partial charge in [-0.15, -0.1) is 0 Å². The van der Waals surface area contributed by atoms with Crippen LogP contribution in [0.5, 0.6) is 17.2 Å². The van der Waals surface area contributed by atoms with Crippen LogP contribution in [0.25, 0.3) is 0 Å². The van der Waals surface area contributed by atoms with E-state index in [1.165, 1.54) is 0 Å². The van der Waals surface area contributed by atoms with E-state index in [9.17, 15) is 5.11 Å². The van der Waals surface area contributed by atoms with E-state index < -0.39 is 6.10 Å². The van der Waals surface area contributed by atoms with Crippen LogP contribution in [0.15, 0.2) is 48.5 Å². The predicted molar refractivity (Wildman–Crippen MR) is 81.2 cm³/mol. The van der Waals surface area contributed by atoms with Gasteiger partial charge in [-0.25, -0.2) is 0 Å². The first-order chi connectivity index (χ1) is 10.2. The highest BCUT2D eigenvalue weighted by Crippen LogP contribution is 2.25. The maximum Gasteiger partial charge on any atom is 0.161 e. The van der Waals surface area contributed by atoms with Gasteiger partial charge in [0.1, 0.15) is 25.1 Å². The molecule has 2 rings (SSSR count). The van der Waals surface area contributed by atoms with Crippen LogP contribution < -0.4 is 14.2 Å². The molecule has 21 heavy (non-hydrogen) atoms. The molecule has 0 aliphatic rings. The minimum Gasteiger partial charge on any atom is -0.493 e. The summed E-state index contributed by atoms with van der Waals surface area (Å²) in [5.41, 5.74) is 1.12. The molecule has 0 spiro atoms. The van der Waals surface area contributed by atoms with E-state index in [0.29, 0.717) is 11.5 Å². The molecule has 2 aromatic rings. The maximum atomic E-state index is 9.91. The van der Waals surface area contributed by atoms with Crippen LogP contribution in [-0.4, -0.2) is 31.5 Å². The molecule has 0 fully saturated rings. The number of benzene rings is 2. The summed E-state index contributed by atoms with van der Waals surface area (Å²) in [7, 11) is 1.58. The van der Waals surface area contributed by atoms with Crippen LogP contribution in [0.3, 0.4) is 0 Å². The summed E-state index contributed by atoms with van der Waals surface area (Å²) in [5, 5.41) is 9.91. The van der Waals surface area contributed by atoms with Gasteiger partial charge in [0.25, 0.3) is 0 Å². The number of ether oxygens (including phenoxy) is 3. The summed E-state index contributed by atoms with van der Waals surface area (Å²) >= 11 is 0. The van der Waals surface area contributed by atoms with Crippen molar-refractivity contribution in [3.63, 3.8) is 0 Å². The zero-order valence-electron chi connectivity index (χ0n) is 12.3. The molecule has 0 bridgehead atoms. The summed E-state index contributed by atoms with van der Waals surface area (Å²) in [6.45, 7) is 2.32. The topological polar surface area (TPSA) is 47.9 Å². The molecular weight excluding hydrogens is 268 g/mol. The van der Waals surface area contributed by atoms with Crippen molar-refractivity contribution in [3.05, 3.63) is 54.1 Å². The lowest BCUT2D eigenvalue weighted by Crippen LogP contribution is -2.25. The molecule has 0 saturated heterocycles. The second kappa shape index (κ2) is 7.55. The van der Waals surface area contributed by atoms with E-state index in [1.54, 1.807) is 13.2 Å². The monoisotopic (exact) mass is 288 g/mol. The molecule has 1 unspecified atom stereocenters. The van der Waals surface area contributed by atoms with Crippen LogP contribution in [0.2, 0.25) is 0 Å². The fraction of sp³-hybridized carbons (Fsp3) is 0.294. The molecule has 1 N–H and O–H groups in total. The van der Waals surface area contributed by atoms with Gasteiger partial charge in [-0.2, -0.15) is 0 Å². The Hall–Kier alpha value is -2.20. The first kappa shape index (κ1) is 15.2. The van der Waals surface area contributed by atoms with Gasteiger partial charge in [0.15, 0.2) is 11.5 Å². The van der Waals surface area contributed by atoms with E-state index in [0.717, 1.165) is 11.3 Å². The van der Waals surface area contributed by atoms with Crippen LogP contribution in [0.1, 0.15) is 5.56 Å². The van der Waals surface area contributed by atoms with Gasteiger partial charge in [0.2, 0.25) is 0 Å². The highest BCUT2D eigenvalue weighted by Gasteiger charge is 2.09. The van der Waals surface area contributed by atoms with Crippen molar-refractivity contribution in [1.82, 2.24) is 0 Å². The second-order valence-corrected chi connectivity index (χ2v) is 4.74. The molecule has 0 amide bonds. The molecule has 2 aromatic carbocycles. The third-order valence-corrected chi connectivity index (χ3v) is 2.93. The van der Waals surface area contributed by atoms with Gasteiger partial charge in [-0.3, -0.25) is 0 Å². The van der Waals surface area contributed by atoms with Crippen LogP contribution in [-0.2, 0) is 0 Å². The Labute approximate surface area is 124 Å². The summed E-state index contributed by atoms with van der Waals surface area (Å²) < 4.78 is 16.3. The lowest BCUT2D eigenvalue weighted by atomic mass is 10.2. The lowest BCUT2D eigenvalue weighted by Gasteiger charge is -2.15. The number of hydrogen-bond donors (Lipinski definition) is 1. The van der Waals surface area contributed by atoms with Crippen molar-refractivity contribution in [1.29, 1.82) is 0 Å². The average molecular weight is 288 g/mol. The number of aliphatic hydroxyl groups is 1. The largest absolute Gasteiger partial charge is 0.493 e. The highest BCUT2D eigenvalue weighted by atomic mass is 16.5. The van der Waals surface area contributed by atoms with Gasteiger partial charge in [-0.1, -0.05) is 24.3 Å². The van der Waals surface area contributed by atoms with Crippen LogP contribution in [0, 0.1) is 6.92 Å². The summed E-state index contributed by atoms with van der Waals surface area (Å²) in [4.78, 5) is 0. The zero-order chi connectivity index (χ0) is 15.1. The van der Waals surface area contributed by atoms with Crippen LogP contribution >= 0.6 is 0 Å². The number of methoxy groups -OCH3 is 1. The quantitative estimate of drug-likeness (QED) is 0.851. The fourth-order valence-corrected chi connectivity index (χ4v) is 1.87. The molecule has 0 aliphatic carbocycles. The molecule has 4 nitrogen and oxygen atoms in total. The minimum absolute atomic E-state index is 0.145. The predicted octanol–water partition coefficient (Wildman–Crippen LogP) is 2.82. The van der Waals surface area contributed by atoms with Gasteiger partial charge < -0.3 is 19.3 Å². The standard InChI is InChI=1S/C17H20O4/c1-13-6-5-7-15(10-13)20-11-14(18)12-21-17-9-4-3-8-16(17)19-2/h3-10,14,18H,11-12H2,1-2H3. The summed E-state index contributed by atoms with van der Waals surface area (Å²) in [6.07, 6.45) is -0.713. The van der Waals surface area contributed by atoms with E-state index in [2.05, 4.69) is 0 Å². The van der Waals surface area contributed by atoms with E-state index >= 15 is 0 Å². The van der Waals surface area contributed by atoms with Crippen molar-refractivity contribution in [2.24, 2.45) is 0 Å². The Bertz CT molecular complexity index is 568. The van der Waals surface area contributed by atoms with Crippen molar-refractivity contribution in [3.8, 4) is 17.2 Å². The molecule has 0 heterocycles. The number of aryl methyl sites for hydroxylation is 1. The van der Waals surface area contributed by atoms with Gasteiger partial charge in [0.05, 0.1) is 7.11 Å². The lowest BCUT2D eigenvalue weighted by molar-refractivity contribution is 0.0616. The number of rotatable bonds is 7. The summed E-state index contributed by atoms with van der Waals surface area (Å²) in [5.74, 6) is 1.99. The van der Waals surface area contributed by atoms with Crippen molar-refractivity contribution in [2.75, 3.05) is 20.3 Å². The Morgan fingerprint density at radius 1 is 0.952 bits per heavy atom. The number of para-hydroxylation sites is 2. The van der Waals surface area contributed by atoms with Gasteiger partial charge in [0, 0.05) is 0 Å². The van der Waals surface area contributed by atoms with E-state index in [-0.39, 0.29) is 13.2 Å². The number of aliphatic hydroxyl groups excluding tert-OH is 1. The molecule has 0 radical (unpaired) electrons. The smallest absolute Gasteiger partial charge is 0.161 e. The fourth-order valence-electron chi connectivity index (χ4n) is 1.87. The SMILES string of the molecule is COc1ccccc1OCC(O)COc1cccc(C)c1. The first-order valence-corrected chi connectivity index (χ1v) is 6.82. The molecule has 1 atom stereocenters. The molecule has 4 heteroatoms. The molecule has 0 aromatic heterocycles. The molecule has 0 saturated carbocycles. The summed E-state index contributed by atoms with van der Waals surface area (Å²) in [6, 6.07) is 15.0. The Morgan fingerprint density at radius 3 is 2.38 bits per heavy atom. The highest BCUT2D eigenvalue weighted by molar-refractivity contribution is 5.39. The Kier molecular flexibility index (Phi) is 5.46. The zero-order valence-corrected chi connectivity index (χ0v) is 12.3. The number of hydrogen-bond acceptors (Lipinski definition) is 4. The third-order valence-electron chi connectivity index (χ3n) is 2.93. The van der Waals surface area contributed by atoms with Crippen molar-refractivity contribution in [2.45, 2.75) is 13.0 Å². The van der Waals surface area contributed by atoms with E-state index in [4.69, 9.17) is 14.2 Å². The minimum atomic E-state index is -0.713. The first-order valence-electron chi connectivity index (χ1n) is 6.82. The molecule has 0 aliphatic heterocycles. The van der Waals surface area contributed by atoms with Crippen molar-refractivity contribution >= 4 is 0 Å².